The van der Waals surface area contributed by atoms with Crippen LogP contribution in [0.5, 0.6) is 0 Å². The molecule has 1 aliphatic rings. The van der Waals surface area contributed by atoms with Crippen molar-refractivity contribution in [2.24, 2.45) is 23.7 Å². The minimum Gasteiger partial charge on any atom is -0.481 e. The number of aliphatic carboxylic acids is 2. The van der Waals surface area contributed by atoms with Crippen LogP contribution in [0.3, 0.4) is 0 Å². The molecule has 0 aromatic heterocycles. The van der Waals surface area contributed by atoms with Crippen LogP contribution < -0.4 is 0 Å². The molecule has 0 spiro atoms. The van der Waals surface area contributed by atoms with Crippen LogP contribution in [0.4, 0.5) is 0 Å². The summed E-state index contributed by atoms with van der Waals surface area (Å²) in [5.74, 6) is -5.09. The van der Waals surface area contributed by atoms with E-state index in [9.17, 15) is 24.6 Å². The molecule has 0 aliphatic heterocycles. The monoisotopic (exact) mass is 328 g/mol. The molecule has 1 saturated carbocycles. The Hall–Kier alpha value is -1.59. The number of carbonyl (C=O) groups is 3. The first kappa shape index (κ1) is 19.5. The SMILES string of the molecule is CCCCCCOC(=O)C1CC(C(=O)O)CC(C(=O)O)C1CC. The molecule has 0 heterocycles. The van der Waals surface area contributed by atoms with Crippen LogP contribution in [0.15, 0.2) is 0 Å². The standard InChI is InChI=1S/C17H28O6/c1-3-5-6-7-8-23-17(22)14-10-11(15(18)19)9-13(16(20)21)12(14)4-2/h11-14H,3-10H2,1-2H3,(H,18,19)(H,20,21). The van der Waals surface area contributed by atoms with Gasteiger partial charge in [0.2, 0.25) is 0 Å². The molecule has 0 radical (unpaired) electrons. The molecular formula is C17H28O6. The number of carboxylic acids is 2. The van der Waals surface area contributed by atoms with Gasteiger partial charge in [0.15, 0.2) is 0 Å². The van der Waals surface area contributed by atoms with E-state index in [1.165, 1.54) is 0 Å². The Balaban J connectivity index is 2.72. The van der Waals surface area contributed by atoms with Gasteiger partial charge in [0.05, 0.1) is 24.4 Å². The van der Waals surface area contributed by atoms with Crippen molar-refractivity contribution in [1.82, 2.24) is 0 Å². The second-order valence-corrected chi connectivity index (χ2v) is 6.36. The first-order valence-corrected chi connectivity index (χ1v) is 8.54. The lowest BCUT2D eigenvalue weighted by atomic mass is 9.66. The van der Waals surface area contributed by atoms with E-state index in [-0.39, 0.29) is 18.8 Å². The van der Waals surface area contributed by atoms with E-state index >= 15 is 0 Å². The zero-order valence-electron chi connectivity index (χ0n) is 14.0. The smallest absolute Gasteiger partial charge is 0.309 e. The van der Waals surface area contributed by atoms with Crippen LogP contribution in [0.1, 0.15) is 58.8 Å². The molecule has 0 bridgehead atoms. The van der Waals surface area contributed by atoms with Crippen molar-refractivity contribution < 1.29 is 29.3 Å². The highest BCUT2D eigenvalue weighted by Gasteiger charge is 2.46. The Bertz CT molecular complexity index is 419. The van der Waals surface area contributed by atoms with E-state index in [2.05, 4.69) is 6.92 Å². The van der Waals surface area contributed by atoms with Gasteiger partial charge >= 0.3 is 17.9 Å². The number of esters is 1. The van der Waals surface area contributed by atoms with Crippen molar-refractivity contribution in [2.45, 2.75) is 58.8 Å². The van der Waals surface area contributed by atoms with Crippen LogP contribution in [0.25, 0.3) is 0 Å². The molecule has 1 fully saturated rings. The topological polar surface area (TPSA) is 101 Å². The molecule has 6 nitrogen and oxygen atoms in total. The van der Waals surface area contributed by atoms with E-state index in [4.69, 9.17) is 4.74 Å². The Morgan fingerprint density at radius 3 is 2.13 bits per heavy atom. The second kappa shape index (κ2) is 9.53. The molecule has 0 aromatic rings. The largest absolute Gasteiger partial charge is 0.481 e. The Labute approximate surface area is 137 Å². The van der Waals surface area contributed by atoms with Gasteiger partial charge in [-0.3, -0.25) is 14.4 Å². The van der Waals surface area contributed by atoms with Crippen LogP contribution in [-0.4, -0.2) is 34.7 Å². The third-order valence-corrected chi connectivity index (χ3v) is 4.79. The molecule has 132 valence electrons. The highest BCUT2D eigenvalue weighted by atomic mass is 16.5. The normalized spacial score (nSPS) is 27.4. The predicted octanol–water partition coefficient (Wildman–Crippen LogP) is 2.95. The quantitative estimate of drug-likeness (QED) is 0.498. The van der Waals surface area contributed by atoms with Gasteiger partial charge < -0.3 is 14.9 Å². The molecule has 0 amide bonds. The fraction of sp³-hybridized carbons (Fsp3) is 0.824. The van der Waals surface area contributed by atoms with E-state index < -0.39 is 35.7 Å². The van der Waals surface area contributed by atoms with Gasteiger partial charge in [0, 0.05) is 0 Å². The van der Waals surface area contributed by atoms with Gasteiger partial charge in [-0.05, 0) is 25.2 Å². The predicted molar refractivity (Wildman–Crippen MR) is 83.9 cm³/mol. The highest BCUT2D eigenvalue weighted by Crippen LogP contribution is 2.41. The number of rotatable bonds is 9. The summed E-state index contributed by atoms with van der Waals surface area (Å²) >= 11 is 0. The first-order valence-electron chi connectivity index (χ1n) is 8.54. The second-order valence-electron chi connectivity index (χ2n) is 6.36. The lowest BCUT2D eigenvalue weighted by molar-refractivity contribution is -0.161. The van der Waals surface area contributed by atoms with Gasteiger partial charge in [-0.1, -0.05) is 39.5 Å². The summed E-state index contributed by atoms with van der Waals surface area (Å²) in [6.07, 6.45) is 4.73. The van der Waals surface area contributed by atoms with Gasteiger partial charge in [0.1, 0.15) is 0 Å². The van der Waals surface area contributed by atoms with E-state index in [1.807, 2.05) is 6.92 Å². The maximum Gasteiger partial charge on any atom is 0.309 e. The van der Waals surface area contributed by atoms with Crippen molar-refractivity contribution in [3.63, 3.8) is 0 Å². The maximum absolute atomic E-state index is 12.3. The summed E-state index contributed by atoms with van der Waals surface area (Å²) in [6.45, 7) is 4.25. The third kappa shape index (κ3) is 5.52. The van der Waals surface area contributed by atoms with E-state index in [0.717, 1.165) is 25.7 Å². The average molecular weight is 328 g/mol. The van der Waals surface area contributed by atoms with Crippen LogP contribution in [0.2, 0.25) is 0 Å². The van der Waals surface area contributed by atoms with Crippen molar-refractivity contribution in [1.29, 1.82) is 0 Å². The summed E-state index contributed by atoms with van der Waals surface area (Å²) in [7, 11) is 0. The van der Waals surface area contributed by atoms with E-state index in [0.29, 0.717) is 13.0 Å². The van der Waals surface area contributed by atoms with Crippen molar-refractivity contribution >= 4 is 17.9 Å². The number of unbranched alkanes of at least 4 members (excludes halogenated alkanes) is 3. The summed E-state index contributed by atoms with van der Waals surface area (Å²) in [4.78, 5) is 35.0. The summed E-state index contributed by atoms with van der Waals surface area (Å²) < 4.78 is 5.29. The minimum absolute atomic E-state index is 0.0868. The number of ether oxygens (including phenoxy) is 1. The third-order valence-electron chi connectivity index (χ3n) is 4.79. The fourth-order valence-electron chi connectivity index (χ4n) is 3.47. The number of carbonyl (C=O) groups excluding carboxylic acids is 1. The van der Waals surface area contributed by atoms with Crippen LogP contribution in [-0.2, 0) is 19.1 Å². The zero-order valence-corrected chi connectivity index (χ0v) is 14.0. The molecule has 4 atom stereocenters. The Kier molecular flexibility index (Phi) is 8.06. The molecule has 1 rings (SSSR count). The van der Waals surface area contributed by atoms with Crippen molar-refractivity contribution in [2.75, 3.05) is 6.61 Å². The molecule has 1 aliphatic carbocycles. The van der Waals surface area contributed by atoms with Gasteiger partial charge in [-0.15, -0.1) is 0 Å². The van der Waals surface area contributed by atoms with Gasteiger partial charge in [-0.2, -0.15) is 0 Å². The number of hydrogen-bond donors (Lipinski definition) is 2. The molecular weight excluding hydrogens is 300 g/mol. The van der Waals surface area contributed by atoms with Gasteiger partial charge in [-0.25, -0.2) is 0 Å². The molecule has 2 N–H and O–H groups in total. The Morgan fingerprint density at radius 2 is 1.61 bits per heavy atom. The molecule has 0 aromatic carbocycles. The first-order chi connectivity index (χ1) is 10.9. The van der Waals surface area contributed by atoms with Crippen LogP contribution in [0, 0.1) is 23.7 Å². The molecule has 23 heavy (non-hydrogen) atoms. The average Bonchev–Trinajstić information content (AvgIpc) is 2.52. The highest BCUT2D eigenvalue weighted by molar-refractivity contribution is 5.79. The molecule has 6 heteroatoms. The van der Waals surface area contributed by atoms with Crippen molar-refractivity contribution in [3.05, 3.63) is 0 Å². The summed E-state index contributed by atoms with van der Waals surface area (Å²) in [6, 6.07) is 0. The van der Waals surface area contributed by atoms with Crippen molar-refractivity contribution in [3.8, 4) is 0 Å². The summed E-state index contributed by atoms with van der Waals surface area (Å²) in [5, 5.41) is 18.6. The molecule has 4 unspecified atom stereocenters. The Morgan fingerprint density at radius 1 is 0.957 bits per heavy atom. The minimum atomic E-state index is -1.04. The summed E-state index contributed by atoms with van der Waals surface area (Å²) in [5.41, 5.74) is 0. The molecule has 0 saturated heterocycles. The lowest BCUT2D eigenvalue weighted by Gasteiger charge is -2.37. The fourth-order valence-corrected chi connectivity index (χ4v) is 3.47. The lowest BCUT2D eigenvalue weighted by Crippen LogP contribution is -2.43. The maximum atomic E-state index is 12.3. The van der Waals surface area contributed by atoms with E-state index in [1.54, 1.807) is 0 Å². The zero-order chi connectivity index (χ0) is 17.4. The van der Waals surface area contributed by atoms with Crippen LogP contribution >= 0.6 is 0 Å². The van der Waals surface area contributed by atoms with Gasteiger partial charge in [0.25, 0.3) is 0 Å². The number of carboxylic acid groups (broad SMARTS) is 2. The number of hydrogen-bond acceptors (Lipinski definition) is 4.